The van der Waals surface area contributed by atoms with Gasteiger partial charge in [0.2, 0.25) is 0 Å². The summed E-state index contributed by atoms with van der Waals surface area (Å²) in [6.07, 6.45) is 3.39. The summed E-state index contributed by atoms with van der Waals surface area (Å²) in [7, 11) is 0. The van der Waals surface area contributed by atoms with Crippen molar-refractivity contribution in [1.29, 1.82) is 0 Å². The van der Waals surface area contributed by atoms with E-state index in [-0.39, 0.29) is 30.7 Å². The molecule has 4 nitrogen and oxygen atoms in total. The van der Waals surface area contributed by atoms with Gasteiger partial charge in [-0.1, -0.05) is 15.9 Å². The fourth-order valence-electron chi connectivity index (χ4n) is 3.59. The molecule has 1 N–H and O–H groups in total. The summed E-state index contributed by atoms with van der Waals surface area (Å²) in [5.74, 6) is 0.694. The molecule has 2 heterocycles. The van der Waals surface area contributed by atoms with Gasteiger partial charge in [-0.15, -0.1) is 24.8 Å². The molecule has 2 aromatic rings. The molecule has 1 aromatic carbocycles. The largest absolute Gasteiger partial charge is 0.337 e. The van der Waals surface area contributed by atoms with Crippen LogP contribution in [0.3, 0.4) is 0 Å². The lowest BCUT2D eigenvalue weighted by molar-refractivity contribution is 0.0767. The summed E-state index contributed by atoms with van der Waals surface area (Å²) in [4.78, 5) is 20.2. The summed E-state index contributed by atoms with van der Waals surface area (Å²) < 4.78 is 0.988. The smallest absolute Gasteiger partial charge is 0.254 e. The van der Waals surface area contributed by atoms with Crippen molar-refractivity contribution in [2.24, 2.45) is 0 Å². The Bertz CT molecular complexity index is 803. The van der Waals surface area contributed by atoms with Crippen molar-refractivity contribution in [3.63, 3.8) is 0 Å². The predicted octanol–water partition coefficient (Wildman–Crippen LogP) is 4.46. The number of amides is 1. The van der Waals surface area contributed by atoms with Gasteiger partial charge < -0.3 is 10.2 Å². The SMILES string of the molecule is Cc1c(C2CC2)nc2ccc(Br)cc2c1C(=O)N1CCCNCC1.Cl.Cl. The zero-order valence-electron chi connectivity index (χ0n) is 14.8. The first-order valence-corrected chi connectivity index (χ1v) is 9.54. The third-order valence-corrected chi connectivity index (χ3v) is 5.53. The highest BCUT2D eigenvalue weighted by Crippen LogP contribution is 2.42. The van der Waals surface area contributed by atoms with Crippen LogP contribution in [0.4, 0.5) is 0 Å². The standard InChI is InChI=1S/C19H22BrN3O.2ClH/c1-12-17(19(24)23-9-2-7-21-8-10-23)15-11-14(20)5-6-16(15)22-18(12)13-3-4-13;;/h5-6,11,13,21H,2-4,7-10H2,1H3;2*1H. The second kappa shape index (κ2) is 8.87. The summed E-state index contributed by atoms with van der Waals surface area (Å²) >= 11 is 3.55. The molecular weight excluding hydrogens is 437 g/mol. The third-order valence-electron chi connectivity index (χ3n) is 5.03. The van der Waals surface area contributed by atoms with Crippen molar-refractivity contribution in [2.45, 2.75) is 32.1 Å². The van der Waals surface area contributed by atoms with Crippen LogP contribution in [0.1, 0.15) is 46.8 Å². The van der Waals surface area contributed by atoms with E-state index in [4.69, 9.17) is 4.98 Å². The average Bonchev–Trinajstić information content (AvgIpc) is 3.40. The van der Waals surface area contributed by atoms with Gasteiger partial charge in [-0.25, -0.2) is 0 Å². The Balaban J connectivity index is 0.00000121. The number of carbonyl (C=O) groups excluding carboxylic acids is 1. The van der Waals surface area contributed by atoms with E-state index in [0.717, 1.165) is 64.8 Å². The maximum atomic E-state index is 13.3. The molecule has 142 valence electrons. The summed E-state index contributed by atoms with van der Waals surface area (Å²) in [5.41, 5.74) is 3.98. The molecule has 0 bridgehead atoms. The van der Waals surface area contributed by atoms with Gasteiger partial charge in [-0.05, 0) is 56.5 Å². The number of hydrogen-bond acceptors (Lipinski definition) is 3. The van der Waals surface area contributed by atoms with Gasteiger partial charge in [0.15, 0.2) is 0 Å². The van der Waals surface area contributed by atoms with Crippen LogP contribution in [0.5, 0.6) is 0 Å². The average molecular weight is 461 g/mol. The minimum absolute atomic E-state index is 0. The van der Waals surface area contributed by atoms with Crippen LogP contribution in [0.25, 0.3) is 10.9 Å². The van der Waals surface area contributed by atoms with E-state index in [1.54, 1.807) is 0 Å². The zero-order chi connectivity index (χ0) is 16.7. The van der Waals surface area contributed by atoms with Crippen molar-refractivity contribution >= 4 is 57.6 Å². The molecule has 1 aliphatic carbocycles. The van der Waals surface area contributed by atoms with Crippen LogP contribution >= 0.6 is 40.7 Å². The summed E-state index contributed by atoms with van der Waals surface area (Å²) in [6, 6.07) is 6.06. The number of halogens is 3. The van der Waals surface area contributed by atoms with E-state index in [1.165, 1.54) is 12.8 Å². The van der Waals surface area contributed by atoms with Gasteiger partial charge in [0.05, 0.1) is 11.1 Å². The molecule has 7 heteroatoms. The third kappa shape index (κ3) is 4.16. The minimum Gasteiger partial charge on any atom is -0.337 e. The molecular formula is C19H24BrCl2N3O. The lowest BCUT2D eigenvalue weighted by Gasteiger charge is -2.23. The Morgan fingerprint density at radius 1 is 1.23 bits per heavy atom. The van der Waals surface area contributed by atoms with Crippen molar-refractivity contribution in [3.05, 3.63) is 39.5 Å². The minimum atomic E-state index is 0. The van der Waals surface area contributed by atoms with E-state index in [2.05, 4.69) is 28.2 Å². The van der Waals surface area contributed by atoms with E-state index in [0.29, 0.717) is 5.92 Å². The monoisotopic (exact) mass is 459 g/mol. The van der Waals surface area contributed by atoms with Crippen molar-refractivity contribution < 1.29 is 4.79 Å². The van der Waals surface area contributed by atoms with E-state index in [1.807, 2.05) is 23.1 Å². The van der Waals surface area contributed by atoms with Crippen LogP contribution in [-0.4, -0.2) is 42.0 Å². The zero-order valence-corrected chi connectivity index (χ0v) is 18.0. The highest BCUT2D eigenvalue weighted by Gasteiger charge is 2.31. The molecule has 0 unspecified atom stereocenters. The fourth-order valence-corrected chi connectivity index (χ4v) is 3.95. The lowest BCUT2D eigenvalue weighted by atomic mass is 9.98. The molecule has 2 fully saturated rings. The quantitative estimate of drug-likeness (QED) is 0.719. The molecule has 0 atom stereocenters. The first-order chi connectivity index (χ1) is 11.6. The molecule has 4 rings (SSSR count). The van der Waals surface area contributed by atoms with Crippen molar-refractivity contribution in [1.82, 2.24) is 15.2 Å². The number of benzene rings is 1. The van der Waals surface area contributed by atoms with Crippen molar-refractivity contribution in [3.8, 4) is 0 Å². The van der Waals surface area contributed by atoms with E-state index in [9.17, 15) is 4.79 Å². The lowest BCUT2D eigenvalue weighted by Crippen LogP contribution is -2.35. The summed E-state index contributed by atoms with van der Waals surface area (Å²) in [5, 5.41) is 4.34. The van der Waals surface area contributed by atoms with Gasteiger partial charge in [-0.3, -0.25) is 9.78 Å². The van der Waals surface area contributed by atoms with Crippen molar-refractivity contribution in [2.75, 3.05) is 26.2 Å². The molecule has 0 spiro atoms. The molecule has 1 amide bonds. The highest BCUT2D eigenvalue weighted by molar-refractivity contribution is 9.10. The molecule has 1 saturated heterocycles. The number of carbonyl (C=O) groups is 1. The molecule has 26 heavy (non-hydrogen) atoms. The van der Waals surface area contributed by atoms with Crippen LogP contribution in [0, 0.1) is 6.92 Å². The number of nitrogens with zero attached hydrogens (tertiary/aromatic N) is 2. The number of aromatic nitrogens is 1. The second-order valence-corrected chi connectivity index (χ2v) is 7.74. The van der Waals surface area contributed by atoms with E-state index >= 15 is 0 Å². The number of nitrogens with one attached hydrogen (secondary N) is 1. The Kier molecular flexibility index (Phi) is 7.31. The van der Waals surface area contributed by atoms with Crippen LogP contribution in [0.15, 0.2) is 22.7 Å². The Morgan fingerprint density at radius 2 is 2.00 bits per heavy atom. The fraction of sp³-hybridized carbons (Fsp3) is 0.474. The van der Waals surface area contributed by atoms with Gasteiger partial charge in [0, 0.05) is 41.1 Å². The summed E-state index contributed by atoms with van der Waals surface area (Å²) in [6.45, 7) is 5.52. The predicted molar refractivity (Wildman–Crippen MR) is 114 cm³/mol. The van der Waals surface area contributed by atoms with Crippen LogP contribution < -0.4 is 5.32 Å². The Labute approximate surface area is 175 Å². The van der Waals surface area contributed by atoms with Crippen LogP contribution in [-0.2, 0) is 0 Å². The molecule has 0 radical (unpaired) electrons. The van der Waals surface area contributed by atoms with E-state index < -0.39 is 0 Å². The second-order valence-electron chi connectivity index (χ2n) is 6.83. The van der Waals surface area contributed by atoms with Gasteiger partial charge in [0.1, 0.15) is 0 Å². The van der Waals surface area contributed by atoms with Gasteiger partial charge >= 0.3 is 0 Å². The number of rotatable bonds is 2. The van der Waals surface area contributed by atoms with Gasteiger partial charge in [-0.2, -0.15) is 0 Å². The van der Waals surface area contributed by atoms with Crippen LogP contribution in [0.2, 0.25) is 0 Å². The number of pyridine rings is 1. The highest BCUT2D eigenvalue weighted by atomic mass is 79.9. The van der Waals surface area contributed by atoms with Gasteiger partial charge in [0.25, 0.3) is 5.91 Å². The molecule has 1 aliphatic heterocycles. The Hall–Kier alpha value is -0.880. The first-order valence-electron chi connectivity index (χ1n) is 8.75. The molecule has 1 saturated carbocycles. The first kappa shape index (κ1) is 21.4. The number of fused-ring (bicyclic) bond motifs is 1. The Morgan fingerprint density at radius 3 is 2.73 bits per heavy atom. The topological polar surface area (TPSA) is 45.2 Å². The maximum Gasteiger partial charge on any atom is 0.254 e. The normalized spacial score (nSPS) is 17.2. The molecule has 1 aromatic heterocycles. The molecule has 2 aliphatic rings. The maximum absolute atomic E-state index is 13.3. The number of hydrogen-bond donors (Lipinski definition) is 1.